The van der Waals surface area contributed by atoms with Crippen molar-refractivity contribution in [2.24, 2.45) is 0 Å². The van der Waals surface area contributed by atoms with Crippen molar-refractivity contribution >= 4 is 22.9 Å². The lowest BCUT2D eigenvalue weighted by Crippen LogP contribution is -2.18. The van der Waals surface area contributed by atoms with Gasteiger partial charge < -0.3 is 15.6 Å². The van der Waals surface area contributed by atoms with Crippen LogP contribution in [0.3, 0.4) is 0 Å². The summed E-state index contributed by atoms with van der Waals surface area (Å²) in [5.41, 5.74) is 3.30. The highest BCUT2D eigenvalue weighted by molar-refractivity contribution is 5.99. The summed E-state index contributed by atoms with van der Waals surface area (Å²) >= 11 is 0. The monoisotopic (exact) mass is 218 g/mol. The van der Waals surface area contributed by atoms with E-state index in [0.29, 0.717) is 11.5 Å². The van der Waals surface area contributed by atoms with Gasteiger partial charge in [0.25, 0.3) is 5.91 Å². The van der Waals surface area contributed by atoms with E-state index in [-0.39, 0.29) is 5.91 Å². The maximum absolute atomic E-state index is 11.6. The van der Waals surface area contributed by atoms with E-state index in [1.54, 1.807) is 20.2 Å². The first-order valence-corrected chi connectivity index (χ1v) is 5.06. The number of hydrogen-bond acceptors (Lipinski definition) is 3. The number of nitrogens with zero attached hydrogens (tertiary/aromatic N) is 1. The van der Waals surface area contributed by atoms with Crippen molar-refractivity contribution < 1.29 is 4.79 Å². The van der Waals surface area contributed by atoms with Crippen molar-refractivity contribution in [3.8, 4) is 0 Å². The number of carbonyl (C=O) groups excluding carboxylic acids is 1. The van der Waals surface area contributed by atoms with Gasteiger partial charge >= 0.3 is 0 Å². The third kappa shape index (κ3) is 1.60. The predicted molar refractivity (Wildman–Crippen MR) is 63.8 cm³/mol. The van der Waals surface area contributed by atoms with Gasteiger partial charge in [0.05, 0.1) is 11.0 Å². The van der Waals surface area contributed by atoms with Crippen LogP contribution in [0.2, 0.25) is 0 Å². The highest BCUT2D eigenvalue weighted by atomic mass is 16.1. The molecule has 0 radical (unpaired) electrons. The average Bonchev–Trinajstić information content (AvgIpc) is 2.68. The van der Waals surface area contributed by atoms with Crippen LogP contribution in [0, 0.1) is 6.92 Å². The number of anilines is 1. The molecule has 0 unspecified atom stereocenters. The predicted octanol–water partition coefficient (Wildman–Crippen LogP) is 1.27. The van der Waals surface area contributed by atoms with Gasteiger partial charge in [0, 0.05) is 19.7 Å². The summed E-state index contributed by atoms with van der Waals surface area (Å²) in [5, 5.41) is 5.55. The number of aryl methyl sites for hydroxylation is 1. The molecule has 2 aromatic rings. The molecule has 5 heteroatoms. The first kappa shape index (κ1) is 10.5. The number of imidazole rings is 1. The zero-order chi connectivity index (χ0) is 11.7. The zero-order valence-electron chi connectivity index (χ0n) is 9.51. The van der Waals surface area contributed by atoms with Gasteiger partial charge in [-0.3, -0.25) is 4.79 Å². The number of H-pyrrole nitrogens is 1. The van der Waals surface area contributed by atoms with Gasteiger partial charge in [-0.1, -0.05) is 0 Å². The summed E-state index contributed by atoms with van der Waals surface area (Å²) in [5.74, 6) is 0.608. The van der Waals surface area contributed by atoms with E-state index in [1.165, 1.54) is 0 Å². The molecule has 1 amide bonds. The molecule has 1 heterocycles. The maximum Gasteiger partial charge on any atom is 0.251 e. The number of hydrogen-bond donors (Lipinski definition) is 3. The number of aromatic nitrogens is 2. The molecular weight excluding hydrogens is 204 g/mol. The lowest BCUT2D eigenvalue weighted by atomic mass is 10.1. The Kier molecular flexibility index (Phi) is 2.52. The van der Waals surface area contributed by atoms with Gasteiger partial charge in [-0.25, -0.2) is 4.98 Å². The Morgan fingerprint density at radius 3 is 2.75 bits per heavy atom. The Morgan fingerprint density at radius 1 is 1.38 bits per heavy atom. The normalized spacial score (nSPS) is 10.4. The van der Waals surface area contributed by atoms with E-state index in [1.807, 2.05) is 13.0 Å². The van der Waals surface area contributed by atoms with E-state index in [2.05, 4.69) is 20.6 Å². The van der Waals surface area contributed by atoms with E-state index >= 15 is 0 Å². The number of amides is 1. The van der Waals surface area contributed by atoms with Gasteiger partial charge in [0.1, 0.15) is 0 Å². The van der Waals surface area contributed by atoms with Crippen LogP contribution < -0.4 is 10.6 Å². The molecular formula is C11H14N4O. The molecule has 0 aliphatic heterocycles. The molecule has 16 heavy (non-hydrogen) atoms. The van der Waals surface area contributed by atoms with E-state index < -0.39 is 0 Å². The van der Waals surface area contributed by atoms with Crippen molar-refractivity contribution in [1.29, 1.82) is 0 Å². The van der Waals surface area contributed by atoms with Gasteiger partial charge in [-0.15, -0.1) is 0 Å². The number of rotatable bonds is 2. The summed E-state index contributed by atoms with van der Waals surface area (Å²) in [7, 11) is 3.42. The minimum atomic E-state index is -0.0894. The minimum absolute atomic E-state index is 0.0894. The zero-order valence-corrected chi connectivity index (χ0v) is 9.51. The number of fused-ring (bicyclic) bond motifs is 1. The van der Waals surface area contributed by atoms with Gasteiger partial charge in [-0.05, 0) is 24.6 Å². The SMILES string of the molecule is CNC(=O)c1cc2nc(NC)[nH]c2cc1C. The number of nitrogens with one attached hydrogen (secondary N) is 3. The van der Waals surface area contributed by atoms with Crippen LogP contribution in [0.4, 0.5) is 5.95 Å². The summed E-state index contributed by atoms with van der Waals surface area (Å²) in [4.78, 5) is 19.0. The lowest BCUT2D eigenvalue weighted by molar-refractivity contribution is 0.0962. The summed E-state index contributed by atoms with van der Waals surface area (Å²) < 4.78 is 0. The second-order valence-electron chi connectivity index (χ2n) is 3.60. The van der Waals surface area contributed by atoms with Crippen LogP contribution in [0.15, 0.2) is 12.1 Å². The summed E-state index contributed by atoms with van der Waals surface area (Å²) in [6.07, 6.45) is 0. The standard InChI is InChI=1S/C11H14N4O/c1-6-4-8-9(15-11(13-3)14-8)5-7(6)10(16)12-2/h4-5H,1-3H3,(H,12,16)(H2,13,14,15). The fourth-order valence-electron chi connectivity index (χ4n) is 1.66. The van der Waals surface area contributed by atoms with Crippen molar-refractivity contribution in [2.75, 3.05) is 19.4 Å². The van der Waals surface area contributed by atoms with Gasteiger partial charge in [0.15, 0.2) is 0 Å². The van der Waals surface area contributed by atoms with Crippen molar-refractivity contribution in [3.05, 3.63) is 23.3 Å². The lowest BCUT2D eigenvalue weighted by Gasteiger charge is -2.03. The Balaban J connectivity index is 2.60. The second-order valence-corrected chi connectivity index (χ2v) is 3.60. The van der Waals surface area contributed by atoms with Crippen LogP contribution in [-0.4, -0.2) is 30.0 Å². The quantitative estimate of drug-likeness (QED) is 0.711. The molecule has 1 aromatic heterocycles. The van der Waals surface area contributed by atoms with E-state index in [4.69, 9.17) is 0 Å². The third-order valence-corrected chi connectivity index (χ3v) is 2.54. The Labute approximate surface area is 93.3 Å². The van der Waals surface area contributed by atoms with Crippen LogP contribution >= 0.6 is 0 Å². The molecule has 0 saturated heterocycles. The molecule has 5 nitrogen and oxygen atoms in total. The van der Waals surface area contributed by atoms with E-state index in [0.717, 1.165) is 16.6 Å². The molecule has 2 rings (SSSR count). The first-order chi connectivity index (χ1) is 7.65. The number of carbonyl (C=O) groups is 1. The number of aromatic amines is 1. The molecule has 0 aliphatic carbocycles. The van der Waals surface area contributed by atoms with Crippen LogP contribution in [0.5, 0.6) is 0 Å². The number of benzene rings is 1. The first-order valence-electron chi connectivity index (χ1n) is 5.06. The molecule has 0 fully saturated rings. The van der Waals surface area contributed by atoms with Gasteiger partial charge in [-0.2, -0.15) is 0 Å². The van der Waals surface area contributed by atoms with Crippen molar-refractivity contribution in [1.82, 2.24) is 15.3 Å². The van der Waals surface area contributed by atoms with Crippen LogP contribution in [0.25, 0.3) is 11.0 Å². The largest absolute Gasteiger partial charge is 0.359 e. The maximum atomic E-state index is 11.6. The highest BCUT2D eigenvalue weighted by Crippen LogP contribution is 2.19. The molecule has 0 spiro atoms. The topological polar surface area (TPSA) is 69.8 Å². The summed E-state index contributed by atoms with van der Waals surface area (Å²) in [6.45, 7) is 1.91. The molecule has 0 saturated carbocycles. The Hall–Kier alpha value is -2.04. The van der Waals surface area contributed by atoms with Crippen molar-refractivity contribution in [2.45, 2.75) is 6.92 Å². The smallest absolute Gasteiger partial charge is 0.251 e. The van der Waals surface area contributed by atoms with E-state index in [9.17, 15) is 4.79 Å². The fraction of sp³-hybridized carbons (Fsp3) is 0.273. The Morgan fingerprint density at radius 2 is 2.12 bits per heavy atom. The molecule has 0 aliphatic rings. The molecule has 84 valence electrons. The molecule has 1 aromatic carbocycles. The van der Waals surface area contributed by atoms with Crippen LogP contribution in [0.1, 0.15) is 15.9 Å². The van der Waals surface area contributed by atoms with Crippen molar-refractivity contribution in [3.63, 3.8) is 0 Å². The highest BCUT2D eigenvalue weighted by Gasteiger charge is 2.10. The second kappa shape index (κ2) is 3.84. The fourth-order valence-corrected chi connectivity index (χ4v) is 1.66. The molecule has 0 atom stereocenters. The van der Waals surface area contributed by atoms with Gasteiger partial charge in [0.2, 0.25) is 5.95 Å². The summed E-state index contributed by atoms with van der Waals surface area (Å²) in [6, 6.07) is 3.72. The molecule has 0 bridgehead atoms. The van der Waals surface area contributed by atoms with Crippen LogP contribution in [-0.2, 0) is 0 Å². The molecule has 3 N–H and O–H groups in total. The third-order valence-electron chi connectivity index (χ3n) is 2.54. The Bertz CT molecular complexity index is 544. The average molecular weight is 218 g/mol. The minimum Gasteiger partial charge on any atom is -0.359 e.